The van der Waals surface area contributed by atoms with Crippen LogP contribution in [0.15, 0.2) is 35.4 Å². The Morgan fingerprint density at radius 3 is 1.45 bits per heavy atom. The van der Waals surface area contributed by atoms with Crippen molar-refractivity contribution < 1.29 is 23.9 Å². The molecule has 0 bridgehead atoms. The topological polar surface area (TPSA) is 198 Å². The number of rotatable bonds is 2. The van der Waals surface area contributed by atoms with E-state index in [-0.39, 0.29) is 55.7 Å². The van der Waals surface area contributed by atoms with Crippen molar-refractivity contribution in [3.8, 4) is 39.9 Å². The predicted octanol–water partition coefficient (Wildman–Crippen LogP) is 6.23. The van der Waals surface area contributed by atoms with Gasteiger partial charge in [-0.2, -0.15) is 21.0 Å². The number of hydrogen-bond acceptors (Lipinski definition) is 13. The molecule has 13 heteroatoms. The molecule has 8 rings (SSSR count). The third kappa shape index (κ3) is 4.35. The van der Waals surface area contributed by atoms with Gasteiger partial charge in [0.2, 0.25) is 5.88 Å². The summed E-state index contributed by atoms with van der Waals surface area (Å²) in [6.45, 7) is 0. The average Bonchev–Trinajstić information content (AvgIpc) is 3.85. The number of ether oxygens (including phenoxy) is 1. The number of aromatic nitrogens is 2. The molecule has 0 radical (unpaired) electrons. The van der Waals surface area contributed by atoms with Crippen LogP contribution in [0.1, 0.15) is 111 Å². The number of benzene rings is 2. The van der Waals surface area contributed by atoms with Gasteiger partial charge in [0.05, 0.1) is 38.3 Å². The number of carbonyl (C=O) groups excluding carboxylic acids is 4. The van der Waals surface area contributed by atoms with E-state index in [2.05, 4.69) is 4.98 Å². The van der Waals surface area contributed by atoms with Crippen molar-refractivity contribution in [2.24, 2.45) is 0 Å². The summed E-state index contributed by atoms with van der Waals surface area (Å²) in [5, 5.41) is 38.4. The number of nitrogens with zero attached hydrogens (tertiary/aromatic N) is 6. The van der Waals surface area contributed by atoms with Crippen molar-refractivity contribution in [2.45, 2.75) is 37.7 Å². The van der Waals surface area contributed by atoms with Crippen LogP contribution < -0.4 is 4.74 Å². The Hall–Kier alpha value is -6.38. The third-order valence-corrected chi connectivity index (χ3v) is 11.3. The molecule has 11 nitrogen and oxygen atoms in total. The molecule has 1 saturated carbocycles. The summed E-state index contributed by atoms with van der Waals surface area (Å²) < 4.78 is 6.59. The minimum Gasteiger partial charge on any atom is -0.463 e. The summed E-state index contributed by atoms with van der Waals surface area (Å²) in [6.07, 6.45) is 6.95. The highest BCUT2D eigenvalue weighted by Crippen LogP contribution is 2.55. The number of nitriles is 4. The number of ketones is 4. The van der Waals surface area contributed by atoms with Crippen molar-refractivity contribution in [3.63, 3.8) is 0 Å². The van der Waals surface area contributed by atoms with Gasteiger partial charge in [-0.1, -0.05) is 6.42 Å². The number of carbonyl (C=O) groups is 4. The maximum atomic E-state index is 13.4. The van der Waals surface area contributed by atoms with E-state index >= 15 is 0 Å². The summed E-state index contributed by atoms with van der Waals surface area (Å²) in [6, 6.07) is 12.6. The van der Waals surface area contributed by atoms with Crippen LogP contribution in [0.25, 0.3) is 21.9 Å². The van der Waals surface area contributed by atoms with Crippen molar-refractivity contribution in [1.82, 2.24) is 9.97 Å². The van der Waals surface area contributed by atoms with Crippen molar-refractivity contribution >= 4 is 58.0 Å². The number of thiazole rings is 2. The van der Waals surface area contributed by atoms with Gasteiger partial charge >= 0.3 is 0 Å². The Morgan fingerprint density at radius 2 is 1.02 bits per heavy atom. The zero-order valence-electron chi connectivity index (χ0n) is 25.0. The SMILES string of the molecule is N#Cc1cc2c(cc1C#N)C(=O)C(=Cc1nc3c(s1)-c1sc(C=C4C(=O)c5cc(C#N)c(C#N)cc5C4=O)nc1C1(CCCCC1)O3)C2=O. The highest BCUT2D eigenvalue weighted by Gasteiger charge is 2.47. The fraction of sp³-hybridized carbons (Fsp3) is 0.167. The van der Waals surface area contributed by atoms with Crippen LogP contribution in [-0.4, -0.2) is 33.1 Å². The zero-order chi connectivity index (χ0) is 34.2. The highest BCUT2D eigenvalue weighted by molar-refractivity contribution is 7.23. The molecular formula is C36H16N6O5S2. The van der Waals surface area contributed by atoms with Crippen molar-refractivity contribution in [2.75, 3.05) is 0 Å². The third-order valence-electron chi connectivity index (χ3n) is 9.14. The summed E-state index contributed by atoms with van der Waals surface area (Å²) in [5.74, 6) is -1.91. The number of fused-ring (bicyclic) bond motifs is 6. The van der Waals surface area contributed by atoms with Gasteiger partial charge in [0.25, 0.3) is 0 Å². The molecule has 232 valence electrons. The predicted molar refractivity (Wildman–Crippen MR) is 174 cm³/mol. The molecule has 3 aliphatic carbocycles. The summed E-state index contributed by atoms with van der Waals surface area (Å²) in [4.78, 5) is 64.3. The minimum atomic E-state index is -0.793. The Labute approximate surface area is 285 Å². The van der Waals surface area contributed by atoms with Gasteiger partial charge in [-0.05, 0) is 62.1 Å². The van der Waals surface area contributed by atoms with Crippen LogP contribution in [0.2, 0.25) is 0 Å². The fourth-order valence-corrected chi connectivity index (χ4v) is 8.93. The molecule has 3 heterocycles. The molecule has 49 heavy (non-hydrogen) atoms. The normalized spacial score (nSPS) is 16.5. The zero-order valence-corrected chi connectivity index (χ0v) is 26.7. The van der Waals surface area contributed by atoms with Crippen LogP contribution in [0.5, 0.6) is 5.88 Å². The number of Topliss-reactive ketones (excluding diaryl/α,β-unsaturated/α-hetero) is 4. The summed E-state index contributed by atoms with van der Waals surface area (Å²) in [5.41, 5.74) is -0.113. The molecule has 1 fully saturated rings. The maximum Gasteiger partial charge on any atom is 0.235 e. The van der Waals surface area contributed by atoms with Crippen LogP contribution >= 0.6 is 22.7 Å². The molecule has 0 amide bonds. The van der Waals surface area contributed by atoms with Crippen LogP contribution in [0.3, 0.4) is 0 Å². The van der Waals surface area contributed by atoms with E-state index in [0.717, 1.165) is 24.1 Å². The van der Waals surface area contributed by atoms with Crippen molar-refractivity contribution in [1.29, 1.82) is 21.0 Å². The van der Waals surface area contributed by atoms with Crippen LogP contribution in [-0.2, 0) is 5.60 Å². The van der Waals surface area contributed by atoms with Crippen LogP contribution in [0.4, 0.5) is 0 Å². The maximum absolute atomic E-state index is 13.4. The largest absolute Gasteiger partial charge is 0.463 e. The Kier molecular flexibility index (Phi) is 6.63. The molecule has 0 atom stereocenters. The first-order valence-electron chi connectivity index (χ1n) is 15.0. The van der Waals surface area contributed by atoms with Gasteiger partial charge in [0.1, 0.15) is 44.9 Å². The molecule has 1 spiro atoms. The molecule has 4 aliphatic rings. The van der Waals surface area contributed by atoms with Gasteiger partial charge in [0, 0.05) is 22.3 Å². The molecule has 0 N–H and O–H groups in total. The first kappa shape index (κ1) is 30.0. The Bertz CT molecular complexity index is 2430. The second kappa shape index (κ2) is 10.8. The summed E-state index contributed by atoms with van der Waals surface area (Å²) >= 11 is 2.46. The molecule has 2 aromatic heterocycles. The highest BCUT2D eigenvalue weighted by atomic mass is 32.1. The smallest absolute Gasteiger partial charge is 0.235 e. The van der Waals surface area contributed by atoms with E-state index in [9.17, 15) is 40.2 Å². The second-order valence-corrected chi connectivity index (χ2v) is 13.9. The minimum absolute atomic E-state index is 0.00626. The Balaban J connectivity index is 1.20. The van der Waals surface area contributed by atoms with E-state index in [1.807, 2.05) is 24.3 Å². The summed E-state index contributed by atoms with van der Waals surface area (Å²) in [7, 11) is 0. The van der Waals surface area contributed by atoms with E-state index in [0.29, 0.717) is 39.3 Å². The van der Waals surface area contributed by atoms with E-state index < -0.39 is 28.7 Å². The monoisotopic (exact) mass is 676 g/mol. The molecule has 2 aromatic carbocycles. The first-order valence-corrected chi connectivity index (χ1v) is 16.6. The quantitative estimate of drug-likeness (QED) is 0.172. The van der Waals surface area contributed by atoms with Gasteiger partial charge in [0.15, 0.2) is 28.7 Å². The van der Waals surface area contributed by atoms with Gasteiger partial charge in [-0.3, -0.25) is 19.2 Å². The molecule has 4 aromatic rings. The number of hydrogen-bond donors (Lipinski definition) is 0. The lowest BCUT2D eigenvalue weighted by atomic mass is 9.80. The average molecular weight is 677 g/mol. The lowest BCUT2D eigenvalue weighted by Crippen LogP contribution is -2.38. The second-order valence-electron chi connectivity index (χ2n) is 11.8. The molecule has 0 unspecified atom stereocenters. The van der Waals surface area contributed by atoms with Crippen molar-refractivity contribution in [3.05, 3.63) is 95.6 Å². The van der Waals surface area contributed by atoms with E-state index in [1.54, 1.807) is 0 Å². The lowest BCUT2D eigenvalue weighted by molar-refractivity contribution is 0.0168. The van der Waals surface area contributed by atoms with Crippen LogP contribution in [0, 0.1) is 45.3 Å². The first-order chi connectivity index (χ1) is 23.7. The van der Waals surface area contributed by atoms with Gasteiger partial charge in [-0.15, -0.1) is 22.7 Å². The fourth-order valence-electron chi connectivity index (χ4n) is 6.77. The number of allylic oxidation sites excluding steroid dienone is 2. The van der Waals surface area contributed by atoms with E-state index in [4.69, 9.17) is 9.72 Å². The molecular weight excluding hydrogens is 661 g/mol. The lowest BCUT2D eigenvalue weighted by Gasteiger charge is -2.38. The standard InChI is InChI=1S/C36H16N6O5S2/c37-12-16-6-20-21(7-17(16)13-38)29(44)24(28(20)43)10-26-41-34-32(48-26)33-35(47-36(34)4-2-1-3-5-36)42-27(49-33)11-25-30(45)22-8-18(14-39)19(15-40)9-23(22)31(25)46/h6-11H,1-5H2. The van der Waals surface area contributed by atoms with Gasteiger partial charge in [-0.25, -0.2) is 9.97 Å². The Morgan fingerprint density at radius 1 is 0.612 bits per heavy atom. The molecule has 0 saturated heterocycles. The molecule has 1 aliphatic heterocycles. The van der Waals surface area contributed by atoms with E-state index in [1.165, 1.54) is 59.1 Å². The van der Waals surface area contributed by atoms with Gasteiger partial charge < -0.3 is 4.74 Å².